The van der Waals surface area contributed by atoms with Crippen LogP contribution in [0.3, 0.4) is 0 Å². The Morgan fingerprint density at radius 2 is 2.06 bits per heavy atom. The van der Waals surface area contributed by atoms with Crippen LogP contribution in [0.2, 0.25) is 0 Å². The van der Waals surface area contributed by atoms with Gasteiger partial charge in [0.1, 0.15) is 17.7 Å². The molecule has 1 unspecified atom stereocenters. The maximum Gasteiger partial charge on any atom is 0.252 e. The van der Waals surface area contributed by atoms with E-state index in [1.807, 2.05) is 27.7 Å². The van der Waals surface area contributed by atoms with Crippen molar-refractivity contribution in [1.82, 2.24) is 10.2 Å². The third-order valence-corrected chi connectivity index (χ3v) is 2.40. The molecule has 92 valence electrons. The lowest BCUT2D eigenvalue weighted by molar-refractivity contribution is 0.0626. The molecule has 0 radical (unpaired) electrons. The zero-order valence-corrected chi connectivity index (χ0v) is 10.6. The molecule has 17 heavy (non-hydrogen) atoms. The molecule has 0 N–H and O–H groups in total. The number of hydrogen-bond donors (Lipinski definition) is 0. The quantitative estimate of drug-likeness (QED) is 0.778. The van der Waals surface area contributed by atoms with E-state index in [1.54, 1.807) is 0 Å². The molecule has 0 saturated heterocycles. The van der Waals surface area contributed by atoms with Crippen molar-refractivity contribution in [1.29, 1.82) is 5.26 Å². The van der Waals surface area contributed by atoms with E-state index in [9.17, 15) is 0 Å². The molecule has 0 bridgehead atoms. The van der Waals surface area contributed by atoms with Gasteiger partial charge in [0.25, 0.3) is 5.88 Å². The molecule has 5 nitrogen and oxygen atoms in total. The number of aryl methyl sites for hydroxylation is 1. The predicted octanol–water partition coefficient (Wildman–Crippen LogP) is 1.77. The lowest BCUT2D eigenvalue weighted by atomic mass is 10.1. The largest absolute Gasteiger partial charge is 0.470 e. The zero-order chi connectivity index (χ0) is 12.8. The van der Waals surface area contributed by atoms with E-state index in [-0.39, 0.29) is 12.0 Å². The fraction of sp³-hybridized carbons (Fsp3) is 0.583. The van der Waals surface area contributed by atoms with E-state index in [1.165, 1.54) is 0 Å². The van der Waals surface area contributed by atoms with Crippen molar-refractivity contribution in [2.45, 2.75) is 33.8 Å². The van der Waals surface area contributed by atoms with Gasteiger partial charge in [0, 0.05) is 6.61 Å². The highest BCUT2D eigenvalue weighted by Crippen LogP contribution is 2.20. The molecule has 5 heteroatoms. The van der Waals surface area contributed by atoms with Crippen molar-refractivity contribution in [3.63, 3.8) is 0 Å². The van der Waals surface area contributed by atoms with Crippen molar-refractivity contribution >= 4 is 0 Å². The Labute approximate surface area is 101 Å². The Balaban J connectivity index is 2.85. The number of hydrogen-bond acceptors (Lipinski definition) is 5. The van der Waals surface area contributed by atoms with Gasteiger partial charge in [-0.3, -0.25) is 0 Å². The summed E-state index contributed by atoms with van der Waals surface area (Å²) in [6.45, 7) is 8.55. The van der Waals surface area contributed by atoms with Crippen molar-refractivity contribution in [2.24, 2.45) is 0 Å². The van der Waals surface area contributed by atoms with E-state index in [2.05, 4.69) is 16.3 Å². The van der Waals surface area contributed by atoms with Gasteiger partial charge in [-0.15, -0.1) is 5.10 Å². The second kappa shape index (κ2) is 6.16. The van der Waals surface area contributed by atoms with Gasteiger partial charge >= 0.3 is 0 Å². The van der Waals surface area contributed by atoms with Crippen LogP contribution in [-0.4, -0.2) is 29.5 Å². The SMILES string of the molecule is CCOCC(C)Oc1nnc(C)c(C)c1C#N. The smallest absolute Gasteiger partial charge is 0.252 e. The summed E-state index contributed by atoms with van der Waals surface area (Å²) in [5, 5.41) is 16.9. The Kier molecular flexibility index (Phi) is 4.85. The summed E-state index contributed by atoms with van der Waals surface area (Å²) in [5.41, 5.74) is 1.99. The van der Waals surface area contributed by atoms with Crippen molar-refractivity contribution in [3.8, 4) is 11.9 Å². The number of ether oxygens (including phenoxy) is 2. The summed E-state index contributed by atoms with van der Waals surface area (Å²) < 4.78 is 10.8. The van der Waals surface area contributed by atoms with E-state index in [4.69, 9.17) is 14.7 Å². The average molecular weight is 235 g/mol. The molecule has 1 heterocycles. The minimum Gasteiger partial charge on any atom is -0.470 e. The van der Waals surface area contributed by atoms with Gasteiger partial charge in [0.05, 0.1) is 12.3 Å². The molecular weight excluding hydrogens is 218 g/mol. The highest BCUT2D eigenvalue weighted by Gasteiger charge is 2.14. The van der Waals surface area contributed by atoms with Gasteiger partial charge in [-0.1, -0.05) is 0 Å². The van der Waals surface area contributed by atoms with Crippen LogP contribution in [-0.2, 0) is 4.74 Å². The first-order valence-electron chi connectivity index (χ1n) is 5.58. The molecule has 0 aromatic carbocycles. The molecule has 0 amide bonds. The fourth-order valence-corrected chi connectivity index (χ4v) is 1.31. The third-order valence-electron chi connectivity index (χ3n) is 2.40. The Morgan fingerprint density at radius 1 is 1.35 bits per heavy atom. The maximum atomic E-state index is 9.08. The molecule has 1 atom stereocenters. The summed E-state index contributed by atoms with van der Waals surface area (Å²) in [5.74, 6) is 0.280. The van der Waals surface area contributed by atoms with Gasteiger partial charge in [-0.2, -0.15) is 10.4 Å². The number of nitriles is 1. The van der Waals surface area contributed by atoms with E-state index in [0.717, 1.165) is 11.3 Å². The molecular formula is C12H17N3O2. The molecule has 1 rings (SSSR count). The van der Waals surface area contributed by atoms with Crippen LogP contribution in [0, 0.1) is 25.2 Å². The summed E-state index contributed by atoms with van der Waals surface area (Å²) in [4.78, 5) is 0. The summed E-state index contributed by atoms with van der Waals surface area (Å²) in [6, 6.07) is 2.10. The van der Waals surface area contributed by atoms with Gasteiger partial charge in [-0.05, 0) is 33.3 Å². The molecule has 0 spiro atoms. The van der Waals surface area contributed by atoms with Crippen LogP contribution >= 0.6 is 0 Å². The first-order chi connectivity index (χ1) is 8.10. The highest BCUT2D eigenvalue weighted by molar-refractivity contribution is 5.44. The fourth-order valence-electron chi connectivity index (χ4n) is 1.31. The van der Waals surface area contributed by atoms with Crippen LogP contribution < -0.4 is 4.74 Å². The average Bonchev–Trinajstić information content (AvgIpc) is 2.32. The van der Waals surface area contributed by atoms with Crippen LogP contribution in [0.15, 0.2) is 0 Å². The van der Waals surface area contributed by atoms with E-state index < -0.39 is 0 Å². The number of nitrogens with zero attached hydrogens (tertiary/aromatic N) is 3. The van der Waals surface area contributed by atoms with E-state index >= 15 is 0 Å². The second-order valence-corrected chi connectivity index (χ2v) is 3.79. The molecule has 0 aliphatic heterocycles. The highest BCUT2D eigenvalue weighted by atomic mass is 16.5. The second-order valence-electron chi connectivity index (χ2n) is 3.79. The molecule has 0 saturated carbocycles. The minimum absolute atomic E-state index is 0.154. The Hall–Kier alpha value is -1.67. The first-order valence-corrected chi connectivity index (χ1v) is 5.58. The van der Waals surface area contributed by atoms with Crippen molar-refractivity contribution < 1.29 is 9.47 Å². The third kappa shape index (κ3) is 3.40. The van der Waals surface area contributed by atoms with Gasteiger partial charge in [0.15, 0.2) is 0 Å². The lowest BCUT2D eigenvalue weighted by Crippen LogP contribution is -2.20. The molecule has 0 aliphatic carbocycles. The van der Waals surface area contributed by atoms with Crippen molar-refractivity contribution in [3.05, 3.63) is 16.8 Å². The summed E-state index contributed by atoms with van der Waals surface area (Å²) >= 11 is 0. The van der Waals surface area contributed by atoms with Gasteiger partial charge in [-0.25, -0.2) is 0 Å². The van der Waals surface area contributed by atoms with Crippen LogP contribution in [0.4, 0.5) is 0 Å². The predicted molar refractivity (Wildman–Crippen MR) is 62.8 cm³/mol. The van der Waals surface area contributed by atoms with Crippen molar-refractivity contribution in [2.75, 3.05) is 13.2 Å². The summed E-state index contributed by atoms with van der Waals surface area (Å²) in [6.07, 6.45) is -0.154. The molecule has 0 fully saturated rings. The summed E-state index contributed by atoms with van der Waals surface area (Å²) in [7, 11) is 0. The standard InChI is InChI=1S/C12H17N3O2/c1-5-16-7-8(2)17-12-11(6-13)9(3)10(4)14-15-12/h8H,5,7H2,1-4H3. The van der Waals surface area contributed by atoms with Crippen LogP contribution in [0.5, 0.6) is 5.88 Å². The minimum atomic E-state index is -0.154. The molecule has 1 aromatic rings. The van der Waals surface area contributed by atoms with Gasteiger partial charge < -0.3 is 9.47 Å². The van der Waals surface area contributed by atoms with Gasteiger partial charge in [0.2, 0.25) is 0 Å². The lowest BCUT2D eigenvalue weighted by Gasteiger charge is -2.15. The topological polar surface area (TPSA) is 68.0 Å². The maximum absolute atomic E-state index is 9.08. The first kappa shape index (κ1) is 13.4. The molecule has 0 aliphatic rings. The number of rotatable bonds is 5. The number of aromatic nitrogens is 2. The normalized spacial score (nSPS) is 11.9. The Morgan fingerprint density at radius 3 is 2.65 bits per heavy atom. The van der Waals surface area contributed by atoms with Crippen LogP contribution in [0.25, 0.3) is 0 Å². The monoisotopic (exact) mass is 235 g/mol. The zero-order valence-electron chi connectivity index (χ0n) is 10.6. The van der Waals surface area contributed by atoms with E-state index in [0.29, 0.717) is 18.8 Å². The van der Waals surface area contributed by atoms with Crippen LogP contribution in [0.1, 0.15) is 30.7 Å². The molecule has 1 aromatic heterocycles. The Bertz CT molecular complexity index is 426.